The monoisotopic (exact) mass is 258 g/mol. The average Bonchev–Trinajstić information content (AvgIpc) is 2.76. The number of aryl methyl sites for hydroxylation is 1. The molecule has 0 unspecified atom stereocenters. The quantitative estimate of drug-likeness (QED) is 0.784. The third-order valence-electron chi connectivity index (χ3n) is 2.51. The molecule has 4 heteroatoms. The van der Waals surface area contributed by atoms with Crippen molar-refractivity contribution in [2.45, 2.75) is 33.3 Å². The summed E-state index contributed by atoms with van der Waals surface area (Å²) < 4.78 is 6.84. The molecule has 0 atom stereocenters. The molecule has 2 aromatic rings. The van der Waals surface area contributed by atoms with Crippen molar-refractivity contribution >= 4 is 6.09 Å². The Labute approximate surface area is 113 Å². The maximum absolute atomic E-state index is 12.1. The molecule has 0 amide bonds. The highest BCUT2D eigenvalue weighted by Gasteiger charge is 2.19. The molecule has 0 radical (unpaired) electrons. The highest BCUT2D eigenvalue weighted by Crippen LogP contribution is 2.19. The van der Waals surface area contributed by atoms with Gasteiger partial charge in [0, 0.05) is 12.4 Å². The summed E-state index contributed by atoms with van der Waals surface area (Å²) in [4.78, 5) is 16.4. The van der Waals surface area contributed by atoms with Gasteiger partial charge in [-0.3, -0.25) is 9.55 Å². The van der Waals surface area contributed by atoms with Gasteiger partial charge in [0.25, 0.3) is 0 Å². The zero-order valence-electron chi connectivity index (χ0n) is 11.7. The number of carbonyl (C=O) groups excluding carboxylic acids is 1. The van der Waals surface area contributed by atoms with Crippen LogP contribution in [0.2, 0.25) is 0 Å². The van der Waals surface area contributed by atoms with Crippen LogP contribution in [-0.2, 0) is 4.74 Å². The van der Waals surface area contributed by atoms with Gasteiger partial charge in [0.05, 0.1) is 11.4 Å². The molecule has 0 aromatic carbocycles. The Morgan fingerprint density at radius 2 is 2.00 bits per heavy atom. The molecule has 0 aliphatic heterocycles. The van der Waals surface area contributed by atoms with Crippen molar-refractivity contribution in [1.82, 2.24) is 9.55 Å². The first-order valence-corrected chi connectivity index (χ1v) is 6.20. The Morgan fingerprint density at radius 3 is 2.58 bits per heavy atom. The number of rotatable bonds is 1. The number of aromatic nitrogens is 2. The number of hydrogen-bond acceptors (Lipinski definition) is 3. The lowest BCUT2D eigenvalue weighted by Gasteiger charge is -2.20. The smallest absolute Gasteiger partial charge is 0.419 e. The van der Waals surface area contributed by atoms with Crippen molar-refractivity contribution in [2.24, 2.45) is 0 Å². The topological polar surface area (TPSA) is 44.1 Å². The summed E-state index contributed by atoms with van der Waals surface area (Å²) in [5, 5.41) is 0. The highest BCUT2D eigenvalue weighted by molar-refractivity contribution is 5.77. The largest absolute Gasteiger partial charge is 0.443 e. The molecule has 0 fully saturated rings. The Kier molecular flexibility index (Phi) is 3.42. The molecule has 0 saturated heterocycles. The van der Waals surface area contributed by atoms with Crippen LogP contribution in [0.4, 0.5) is 4.79 Å². The Balaban J connectivity index is 2.32. The van der Waals surface area contributed by atoms with E-state index in [4.69, 9.17) is 4.74 Å². The number of nitrogens with zero attached hydrogens (tertiary/aromatic N) is 2. The molecule has 2 rings (SSSR count). The van der Waals surface area contributed by atoms with Gasteiger partial charge in [-0.15, -0.1) is 0 Å². The second-order valence-electron chi connectivity index (χ2n) is 5.46. The van der Waals surface area contributed by atoms with Gasteiger partial charge in [-0.25, -0.2) is 4.79 Å². The van der Waals surface area contributed by atoms with Crippen LogP contribution in [-0.4, -0.2) is 21.2 Å². The molecule has 0 spiro atoms. The average molecular weight is 258 g/mol. The fourth-order valence-electron chi connectivity index (χ4n) is 1.68. The lowest BCUT2D eigenvalue weighted by molar-refractivity contribution is 0.0540. The maximum Gasteiger partial charge on any atom is 0.419 e. The second kappa shape index (κ2) is 4.88. The van der Waals surface area contributed by atoms with Crippen LogP contribution in [0.25, 0.3) is 11.4 Å². The van der Waals surface area contributed by atoms with Gasteiger partial charge in [-0.1, -0.05) is 6.07 Å². The van der Waals surface area contributed by atoms with Crippen molar-refractivity contribution in [3.63, 3.8) is 0 Å². The van der Waals surface area contributed by atoms with Crippen molar-refractivity contribution in [2.75, 3.05) is 0 Å². The van der Waals surface area contributed by atoms with Crippen molar-refractivity contribution in [3.05, 3.63) is 42.2 Å². The van der Waals surface area contributed by atoms with Gasteiger partial charge in [-0.05, 0) is 51.5 Å². The summed E-state index contributed by atoms with van der Waals surface area (Å²) in [6.45, 7) is 7.51. The minimum absolute atomic E-state index is 0.394. The normalized spacial score (nSPS) is 11.4. The van der Waals surface area contributed by atoms with E-state index in [1.807, 2.05) is 45.9 Å². The Morgan fingerprint density at radius 1 is 1.26 bits per heavy atom. The minimum atomic E-state index is -0.515. The predicted octanol–water partition coefficient (Wildman–Crippen LogP) is 3.64. The fraction of sp³-hybridized carbons (Fsp3) is 0.333. The minimum Gasteiger partial charge on any atom is -0.443 e. The Hall–Kier alpha value is -2.10. The first kappa shape index (κ1) is 13.3. The summed E-state index contributed by atoms with van der Waals surface area (Å²) >= 11 is 0. The van der Waals surface area contributed by atoms with E-state index in [-0.39, 0.29) is 0 Å². The van der Waals surface area contributed by atoms with E-state index in [1.54, 1.807) is 18.5 Å². The zero-order valence-corrected chi connectivity index (χ0v) is 11.7. The lowest BCUT2D eigenvalue weighted by atomic mass is 10.2. The summed E-state index contributed by atoms with van der Waals surface area (Å²) in [6.07, 6.45) is 3.07. The molecule has 19 heavy (non-hydrogen) atoms. The molecule has 0 saturated carbocycles. The van der Waals surface area contributed by atoms with E-state index in [2.05, 4.69) is 4.98 Å². The number of pyridine rings is 1. The van der Waals surface area contributed by atoms with E-state index in [9.17, 15) is 4.79 Å². The van der Waals surface area contributed by atoms with Crippen LogP contribution in [0.15, 0.2) is 36.7 Å². The van der Waals surface area contributed by atoms with Gasteiger partial charge in [0.2, 0.25) is 0 Å². The maximum atomic E-state index is 12.1. The number of hydrogen-bond donors (Lipinski definition) is 0. The molecule has 0 aliphatic rings. The van der Waals surface area contributed by atoms with Crippen LogP contribution in [0, 0.1) is 6.92 Å². The fourth-order valence-corrected chi connectivity index (χ4v) is 1.68. The lowest BCUT2D eigenvalue weighted by Crippen LogP contribution is -2.27. The van der Waals surface area contributed by atoms with Crippen molar-refractivity contribution in [1.29, 1.82) is 0 Å². The van der Waals surface area contributed by atoms with E-state index >= 15 is 0 Å². The molecular formula is C15H18N2O2. The molecule has 0 aliphatic carbocycles. The van der Waals surface area contributed by atoms with E-state index in [0.29, 0.717) is 0 Å². The van der Waals surface area contributed by atoms with Crippen molar-refractivity contribution in [3.8, 4) is 11.4 Å². The molecular weight excluding hydrogens is 240 g/mol. The summed E-state index contributed by atoms with van der Waals surface area (Å²) in [7, 11) is 0. The zero-order chi connectivity index (χ0) is 14.0. The van der Waals surface area contributed by atoms with Gasteiger partial charge in [0.15, 0.2) is 0 Å². The summed E-state index contributed by atoms with van der Waals surface area (Å²) in [5.74, 6) is 0. The van der Waals surface area contributed by atoms with Crippen LogP contribution in [0.5, 0.6) is 0 Å². The molecule has 0 bridgehead atoms. The molecule has 100 valence electrons. The standard InChI is InChI=1S/C15H18N2O2/c1-11-7-8-12(16-10-11)13-6-5-9-17(13)14(18)19-15(2,3)4/h5-10H,1-4H3. The first-order valence-electron chi connectivity index (χ1n) is 6.20. The van der Waals surface area contributed by atoms with Crippen LogP contribution in [0.3, 0.4) is 0 Å². The van der Waals surface area contributed by atoms with Gasteiger partial charge in [0.1, 0.15) is 5.60 Å². The molecule has 4 nitrogen and oxygen atoms in total. The van der Waals surface area contributed by atoms with Crippen molar-refractivity contribution < 1.29 is 9.53 Å². The third-order valence-corrected chi connectivity index (χ3v) is 2.51. The van der Waals surface area contributed by atoms with E-state index in [0.717, 1.165) is 17.0 Å². The van der Waals surface area contributed by atoms with E-state index in [1.165, 1.54) is 4.57 Å². The SMILES string of the molecule is Cc1ccc(-c2cccn2C(=O)OC(C)(C)C)nc1. The van der Waals surface area contributed by atoms with Gasteiger partial charge < -0.3 is 4.74 Å². The third kappa shape index (κ3) is 3.22. The van der Waals surface area contributed by atoms with Gasteiger partial charge in [-0.2, -0.15) is 0 Å². The van der Waals surface area contributed by atoms with Gasteiger partial charge >= 0.3 is 6.09 Å². The summed E-state index contributed by atoms with van der Waals surface area (Å²) in [6, 6.07) is 7.52. The predicted molar refractivity (Wildman–Crippen MR) is 74.0 cm³/mol. The summed E-state index contributed by atoms with van der Waals surface area (Å²) in [5.41, 5.74) is 2.05. The van der Waals surface area contributed by atoms with E-state index < -0.39 is 11.7 Å². The molecule has 0 N–H and O–H groups in total. The highest BCUT2D eigenvalue weighted by atomic mass is 16.6. The number of ether oxygens (including phenoxy) is 1. The first-order chi connectivity index (χ1) is 8.87. The van der Waals surface area contributed by atoms with Crippen LogP contribution >= 0.6 is 0 Å². The number of carbonyl (C=O) groups is 1. The van der Waals surface area contributed by atoms with Crippen LogP contribution in [0.1, 0.15) is 26.3 Å². The van der Waals surface area contributed by atoms with Crippen LogP contribution < -0.4 is 0 Å². The molecule has 2 aromatic heterocycles. The molecule has 2 heterocycles. The Bertz CT molecular complexity index is 577. The second-order valence-corrected chi connectivity index (χ2v) is 5.46.